The molecule has 0 atom stereocenters. The minimum atomic E-state index is 0.465. The molecule has 0 aliphatic rings. The zero-order valence-electron chi connectivity index (χ0n) is 10.9. The number of nitrogen functional groups attached to an aromatic ring is 1. The summed E-state index contributed by atoms with van der Waals surface area (Å²) in [6, 6.07) is 0. The molecule has 0 spiro atoms. The Balaban J connectivity index is 2.01. The minimum absolute atomic E-state index is 0.465. The highest BCUT2D eigenvalue weighted by atomic mass is 15.0. The lowest BCUT2D eigenvalue weighted by atomic mass is 10.0. The molecule has 0 saturated heterocycles. The van der Waals surface area contributed by atoms with Gasteiger partial charge >= 0.3 is 0 Å². The number of anilines is 2. The van der Waals surface area contributed by atoms with Crippen molar-refractivity contribution in [1.29, 1.82) is 0 Å². The van der Waals surface area contributed by atoms with Crippen molar-refractivity contribution in [3.63, 3.8) is 0 Å². The third-order valence-corrected chi connectivity index (χ3v) is 2.67. The molecule has 17 heavy (non-hydrogen) atoms. The van der Waals surface area contributed by atoms with E-state index >= 15 is 0 Å². The lowest BCUT2D eigenvalue weighted by molar-refractivity contribution is 0.523. The fourth-order valence-corrected chi connectivity index (χ4v) is 1.71. The molecule has 4 nitrogen and oxygen atoms in total. The van der Waals surface area contributed by atoms with Gasteiger partial charge in [0.25, 0.3) is 0 Å². The molecular weight excluding hydrogens is 212 g/mol. The van der Waals surface area contributed by atoms with Crippen molar-refractivity contribution < 1.29 is 0 Å². The van der Waals surface area contributed by atoms with Crippen molar-refractivity contribution in [3.8, 4) is 0 Å². The van der Waals surface area contributed by atoms with Crippen LogP contribution in [0.3, 0.4) is 0 Å². The number of nitrogens with one attached hydrogen (secondary N) is 1. The second-order valence-corrected chi connectivity index (χ2v) is 4.85. The van der Waals surface area contributed by atoms with E-state index in [0.717, 1.165) is 18.3 Å². The summed E-state index contributed by atoms with van der Waals surface area (Å²) in [7, 11) is 0. The van der Waals surface area contributed by atoms with E-state index < -0.39 is 0 Å². The van der Waals surface area contributed by atoms with Gasteiger partial charge in [0.05, 0.1) is 12.4 Å². The predicted octanol–water partition coefficient (Wildman–Crippen LogP) is 3.08. The van der Waals surface area contributed by atoms with E-state index in [-0.39, 0.29) is 0 Å². The quantitative estimate of drug-likeness (QED) is 0.681. The van der Waals surface area contributed by atoms with Crippen molar-refractivity contribution in [1.82, 2.24) is 9.97 Å². The average molecular weight is 236 g/mol. The molecular formula is C13H24N4. The van der Waals surface area contributed by atoms with Gasteiger partial charge in [-0.05, 0) is 12.3 Å². The number of hydrogen-bond donors (Lipinski definition) is 2. The van der Waals surface area contributed by atoms with Crippen LogP contribution in [0.2, 0.25) is 0 Å². The first kappa shape index (κ1) is 13.7. The Hall–Kier alpha value is -1.32. The van der Waals surface area contributed by atoms with Gasteiger partial charge in [-0.1, -0.05) is 39.5 Å². The Bertz CT molecular complexity index is 312. The molecule has 96 valence electrons. The largest absolute Gasteiger partial charge is 0.382 e. The van der Waals surface area contributed by atoms with Crippen LogP contribution in [0, 0.1) is 5.92 Å². The molecule has 3 N–H and O–H groups in total. The number of nitrogens with zero attached hydrogens (tertiary/aromatic N) is 2. The summed E-state index contributed by atoms with van der Waals surface area (Å²) in [5.74, 6) is 2.06. The van der Waals surface area contributed by atoms with Crippen LogP contribution in [0.4, 0.5) is 11.6 Å². The highest BCUT2D eigenvalue weighted by molar-refractivity contribution is 5.37. The Morgan fingerprint density at radius 2 is 1.94 bits per heavy atom. The summed E-state index contributed by atoms with van der Waals surface area (Å²) in [5, 5.41) is 3.23. The minimum Gasteiger partial charge on any atom is -0.382 e. The molecule has 4 heteroatoms. The van der Waals surface area contributed by atoms with E-state index in [2.05, 4.69) is 29.1 Å². The van der Waals surface area contributed by atoms with Crippen LogP contribution >= 0.6 is 0 Å². The van der Waals surface area contributed by atoms with Crippen LogP contribution in [0.1, 0.15) is 46.0 Å². The maximum Gasteiger partial charge on any atom is 0.146 e. The zero-order chi connectivity index (χ0) is 12.5. The van der Waals surface area contributed by atoms with Crippen molar-refractivity contribution >= 4 is 11.6 Å². The average Bonchev–Trinajstić information content (AvgIpc) is 2.27. The van der Waals surface area contributed by atoms with Crippen LogP contribution in [-0.2, 0) is 0 Å². The summed E-state index contributed by atoms with van der Waals surface area (Å²) in [6.45, 7) is 5.50. The van der Waals surface area contributed by atoms with Crippen molar-refractivity contribution in [2.75, 3.05) is 17.6 Å². The maximum absolute atomic E-state index is 5.54. The van der Waals surface area contributed by atoms with E-state index in [1.807, 2.05) is 0 Å². The number of unbranched alkanes of at least 4 members (excludes halogenated alkanes) is 3. The molecule has 0 aliphatic carbocycles. The Labute approximate surface area is 104 Å². The third kappa shape index (κ3) is 6.76. The first-order valence-electron chi connectivity index (χ1n) is 6.50. The maximum atomic E-state index is 5.54. The SMILES string of the molecule is CC(C)CCCCCCNc1cncc(N)n1. The van der Waals surface area contributed by atoms with Gasteiger partial charge in [0.15, 0.2) is 0 Å². The molecule has 0 aromatic carbocycles. The first-order chi connectivity index (χ1) is 8.18. The van der Waals surface area contributed by atoms with Gasteiger partial charge < -0.3 is 11.1 Å². The number of nitrogens with two attached hydrogens (primary N) is 1. The summed E-state index contributed by atoms with van der Waals surface area (Å²) >= 11 is 0. The molecule has 1 aromatic heterocycles. The summed E-state index contributed by atoms with van der Waals surface area (Å²) in [6.07, 6.45) is 9.71. The molecule has 0 saturated carbocycles. The van der Waals surface area contributed by atoms with Gasteiger partial charge in [0.2, 0.25) is 0 Å². The smallest absolute Gasteiger partial charge is 0.146 e. The van der Waals surface area contributed by atoms with E-state index in [1.165, 1.54) is 32.1 Å². The van der Waals surface area contributed by atoms with E-state index in [0.29, 0.717) is 5.82 Å². The number of hydrogen-bond acceptors (Lipinski definition) is 4. The number of aromatic nitrogens is 2. The second-order valence-electron chi connectivity index (χ2n) is 4.85. The van der Waals surface area contributed by atoms with E-state index in [9.17, 15) is 0 Å². The number of rotatable bonds is 8. The molecule has 1 aromatic rings. The van der Waals surface area contributed by atoms with Gasteiger partial charge in [-0.3, -0.25) is 4.98 Å². The lowest BCUT2D eigenvalue weighted by Gasteiger charge is -2.06. The topological polar surface area (TPSA) is 63.8 Å². The van der Waals surface area contributed by atoms with Crippen LogP contribution in [0.25, 0.3) is 0 Å². The normalized spacial score (nSPS) is 10.8. The van der Waals surface area contributed by atoms with Crippen LogP contribution in [0.5, 0.6) is 0 Å². The summed E-state index contributed by atoms with van der Waals surface area (Å²) in [5.41, 5.74) is 5.54. The summed E-state index contributed by atoms with van der Waals surface area (Å²) in [4.78, 5) is 8.12. The van der Waals surface area contributed by atoms with Gasteiger partial charge in [-0.15, -0.1) is 0 Å². The third-order valence-electron chi connectivity index (χ3n) is 2.67. The van der Waals surface area contributed by atoms with Crippen LogP contribution in [-0.4, -0.2) is 16.5 Å². The van der Waals surface area contributed by atoms with Crippen molar-refractivity contribution in [2.24, 2.45) is 5.92 Å². The molecule has 0 radical (unpaired) electrons. The molecule has 0 amide bonds. The molecule has 0 bridgehead atoms. The highest BCUT2D eigenvalue weighted by Gasteiger charge is 1.96. The monoisotopic (exact) mass is 236 g/mol. The van der Waals surface area contributed by atoms with Gasteiger partial charge in [-0.2, -0.15) is 0 Å². The second kappa shape index (κ2) is 7.87. The van der Waals surface area contributed by atoms with E-state index in [1.54, 1.807) is 12.4 Å². The first-order valence-corrected chi connectivity index (χ1v) is 6.50. The molecule has 0 fully saturated rings. The Morgan fingerprint density at radius 3 is 2.65 bits per heavy atom. The fourth-order valence-electron chi connectivity index (χ4n) is 1.71. The Kier molecular flexibility index (Phi) is 6.37. The van der Waals surface area contributed by atoms with Crippen LogP contribution < -0.4 is 11.1 Å². The zero-order valence-corrected chi connectivity index (χ0v) is 10.9. The van der Waals surface area contributed by atoms with Crippen molar-refractivity contribution in [3.05, 3.63) is 12.4 Å². The van der Waals surface area contributed by atoms with Gasteiger partial charge in [0, 0.05) is 6.54 Å². The lowest BCUT2D eigenvalue weighted by Crippen LogP contribution is -2.05. The van der Waals surface area contributed by atoms with E-state index in [4.69, 9.17) is 5.73 Å². The van der Waals surface area contributed by atoms with Gasteiger partial charge in [0.1, 0.15) is 11.6 Å². The highest BCUT2D eigenvalue weighted by Crippen LogP contribution is 2.09. The molecule has 1 heterocycles. The predicted molar refractivity (Wildman–Crippen MR) is 72.9 cm³/mol. The molecule has 1 rings (SSSR count). The standard InChI is InChI=1S/C13H24N4/c1-11(2)7-5-3-4-6-8-16-13-10-15-9-12(14)17-13/h9-11H,3-8H2,1-2H3,(H3,14,16,17). The van der Waals surface area contributed by atoms with Crippen molar-refractivity contribution in [2.45, 2.75) is 46.0 Å². The van der Waals surface area contributed by atoms with Gasteiger partial charge in [-0.25, -0.2) is 4.98 Å². The summed E-state index contributed by atoms with van der Waals surface area (Å²) < 4.78 is 0. The molecule has 0 unspecified atom stereocenters. The van der Waals surface area contributed by atoms with Crippen LogP contribution in [0.15, 0.2) is 12.4 Å². The molecule has 0 aliphatic heterocycles. The fraction of sp³-hybridized carbons (Fsp3) is 0.692. The Morgan fingerprint density at radius 1 is 1.18 bits per heavy atom.